The van der Waals surface area contributed by atoms with Crippen molar-refractivity contribution in [3.8, 4) is 5.69 Å². The second kappa shape index (κ2) is 7.45. The van der Waals surface area contributed by atoms with Crippen LogP contribution in [0.15, 0.2) is 54.7 Å². The number of imidazole rings is 1. The number of rotatable bonds is 4. The predicted octanol–water partition coefficient (Wildman–Crippen LogP) is -0.142. The molecule has 0 saturated heterocycles. The van der Waals surface area contributed by atoms with Crippen molar-refractivity contribution in [2.24, 2.45) is 0 Å². The molecule has 0 fully saturated rings. The first-order valence-electron chi connectivity index (χ1n) is 8.70. The average Bonchev–Trinajstić information content (AvgIpc) is 3.42. The molecule has 0 saturated carbocycles. The average molecular weight is 410 g/mol. The molecule has 144 valence electrons. The van der Waals surface area contributed by atoms with Crippen LogP contribution < -0.4 is 35.3 Å². The number of carboxylic acid groups (broad SMARTS) is 1. The summed E-state index contributed by atoms with van der Waals surface area (Å²) in [6, 6.07) is 14.4. The van der Waals surface area contributed by atoms with Crippen molar-refractivity contribution in [2.45, 2.75) is 0 Å². The summed E-state index contributed by atoms with van der Waals surface area (Å²) >= 11 is 0. The van der Waals surface area contributed by atoms with E-state index in [1.165, 1.54) is 10.9 Å². The van der Waals surface area contributed by atoms with Crippen LogP contribution in [0.2, 0.25) is 0 Å². The molecular formula is C20H15N6NaO3. The quantitative estimate of drug-likeness (QED) is 0.240. The van der Waals surface area contributed by atoms with Crippen molar-refractivity contribution in [1.82, 2.24) is 24.7 Å². The van der Waals surface area contributed by atoms with E-state index in [4.69, 9.17) is 10.8 Å². The van der Waals surface area contributed by atoms with E-state index in [1.807, 2.05) is 24.3 Å². The van der Waals surface area contributed by atoms with Crippen molar-refractivity contribution in [2.75, 3.05) is 5.73 Å². The Hall–Kier alpha value is -3.40. The van der Waals surface area contributed by atoms with Crippen molar-refractivity contribution < 1.29 is 45.7 Å². The van der Waals surface area contributed by atoms with Crippen LogP contribution in [0.3, 0.4) is 0 Å². The predicted molar refractivity (Wildman–Crippen MR) is 107 cm³/mol. The van der Waals surface area contributed by atoms with Gasteiger partial charge in [-0.15, -0.1) is 0 Å². The first-order valence-corrected chi connectivity index (χ1v) is 8.70. The number of hydrogen-bond acceptors (Lipinski definition) is 5. The second-order valence-corrected chi connectivity index (χ2v) is 6.55. The monoisotopic (exact) mass is 410 g/mol. The largest absolute Gasteiger partial charge is 1.00 e. The Labute approximate surface area is 192 Å². The molecule has 3 heterocycles. The van der Waals surface area contributed by atoms with E-state index in [0.29, 0.717) is 22.4 Å². The number of nitrogens with one attached hydrogen (secondary N) is 2. The molecule has 9 nitrogen and oxygen atoms in total. The molecule has 0 atom stereocenters. The summed E-state index contributed by atoms with van der Waals surface area (Å²) in [6.07, 6.45) is 1.42. The SMILES string of the molecule is Nc1c(C(=O)c2cc3ccccc3[nH]2)cnn1-c1ccc2nc(C(=O)O)[nH]c2c1.[H-].[Na+]. The summed E-state index contributed by atoms with van der Waals surface area (Å²) in [5, 5.41) is 14.2. The number of H-pyrrole nitrogens is 2. The fourth-order valence-corrected chi connectivity index (χ4v) is 3.31. The van der Waals surface area contributed by atoms with Crippen molar-refractivity contribution >= 4 is 39.5 Å². The van der Waals surface area contributed by atoms with E-state index >= 15 is 0 Å². The zero-order valence-electron chi connectivity index (χ0n) is 16.9. The standard InChI is InChI=1S/C20H14N6O3.Na.H/c21-18-12(17(27)16-7-10-3-1-2-4-13(10)23-16)9-22-26(18)11-5-6-14-15(8-11)25-19(24-14)20(28)29;;/h1-9,23H,21H2,(H,24,25)(H,28,29);;/q;+1;-1. The number of carbonyl (C=O) groups excluding carboxylic acids is 1. The summed E-state index contributed by atoms with van der Waals surface area (Å²) in [5.74, 6) is -1.38. The maximum Gasteiger partial charge on any atom is 1.00 e. The third-order valence-electron chi connectivity index (χ3n) is 4.74. The smallest absolute Gasteiger partial charge is 1.00 e. The molecule has 0 unspecified atom stereocenters. The van der Waals surface area contributed by atoms with Gasteiger partial charge in [0.15, 0.2) is 0 Å². The molecule has 3 aromatic heterocycles. The van der Waals surface area contributed by atoms with Crippen molar-refractivity contribution in [3.05, 3.63) is 71.8 Å². The molecule has 5 aromatic rings. The van der Waals surface area contributed by atoms with Gasteiger partial charge in [-0.2, -0.15) is 5.10 Å². The molecule has 10 heteroatoms. The van der Waals surface area contributed by atoms with E-state index < -0.39 is 5.97 Å². The molecule has 5 N–H and O–H groups in total. The van der Waals surface area contributed by atoms with Gasteiger partial charge in [0.1, 0.15) is 5.82 Å². The Morgan fingerprint density at radius 1 is 1.07 bits per heavy atom. The number of carbonyl (C=O) groups is 2. The van der Waals surface area contributed by atoms with Gasteiger partial charge in [0.25, 0.3) is 0 Å². The fourth-order valence-electron chi connectivity index (χ4n) is 3.31. The molecule has 0 radical (unpaired) electrons. The van der Waals surface area contributed by atoms with E-state index in [0.717, 1.165) is 10.9 Å². The molecule has 5 rings (SSSR count). The Morgan fingerprint density at radius 3 is 2.63 bits per heavy atom. The number of aromatic amines is 2. The third-order valence-corrected chi connectivity index (χ3v) is 4.74. The number of hydrogen-bond donors (Lipinski definition) is 4. The van der Waals surface area contributed by atoms with Gasteiger partial charge < -0.3 is 22.2 Å². The van der Waals surface area contributed by atoms with Gasteiger partial charge in [-0.1, -0.05) is 18.2 Å². The maximum absolute atomic E-state index is 12.9. The van der Waals surface area contributed by atoms with Gasteiger partial charge in [-0.05, 0) is 30.3 Å². The number of carboxylic acids is 1. The summed E-state index contributed by atoms with van der Waals surface area (Å²) in [4.78, 5) is 33.8. The number of benzene rings is 2. The second-order valence-electron chi connectivity index (χ2n) is 6.55. The summed E-state index contributed by atoms with van der Waals surface area (Å²) in [7, 11) is 0. The number of nitrogens with two attached hydrogens (primary N) is 1. The first kappa shape index (κ1) is 19.9. The molecule has 0 amide bonds. The minimum Gasteiger partial charge on any atom is -1.00 e. The number of nitrogen functional groups attached to an aromatic ring is 1. The Kier molecular flexibility index (Phi) is 4.94. The number of aromatic nitrogens is 5. The van der Waals surface area contributed by atoms with Gasteiger partial charge in [0, 0.05) is 10.9 Å². The topological polar surface area (TPSA) is 143 Å². The Morgan fingerprint density at radius 2 is 1.87 bits per heavy atom. The molecule has 30 heavy (non-hydrogen) atoms. The number of ketones is 1. The van der Waals surface area contributed by atoms with E-state index in [-0.39, 0.29) is 54.0 Å². The van der Waals surface area contributed by atoms with Crippen LogP contribution in [0.4, 0.5) is 5.82 Å². The van der Waals surface area contributed by atoms with Crippen LogP contribution in [0.25, 0.3) is 27.6 Å². The Bertz CT molecular complexity index is 1400. The Balaban J connectivity index is 0.00000136. The minimum absolute atomic E-state index is 0. The van der Waals surface area contributed by atoms with Gasteiger partial charge in [-0.3, -0.25) is 4.79 Å². The number of nitrogens with zero attached hydrogens (tertiary/aromatic N) is 3. The van der Waals surface area contributed by atoms with Crippen LogP contribution >= 0.6 is 0 Å². The van der Waals surface area contributed by atoms with E-state index in [9.17, 15) is 9.59 Å². The number of anilines is 1. The summed E-state index contributed by atoms with van der Waals surface area (Å²) in [6.45, 7) is 0. The number of aromatic carboxylic acids is 1. The maximum atomic E-state index is 12.9. The molecule has 0 spiro atoms. The van der Waals surface area contributed by atoms with Crippen LogP contribution in [0.1, 0.15) is 28.1 Å². The number of para-hydroxylation sites is 1. The molecule has 0 aliphatic rings. The number of fused-ring (bicyclic) bond motifs is 2. The zero-order chi connectivity index (χ0) is 20.1. The normalized spacial score (nSPS) is 10.9. The van der Waals surface area contributed by atoms with Gasteiger partial charge in [0.2, 0.25) is 11.6 Å². The van der Waals surface area contributed by atoms with E-state index in [1.54, 1.807) is 24.3 Å². The molecule has 0 bridgehead atoms. The van der Waals surface area contributed by atoms with Crippen molar-refractivity contribution in [3.63, 3.8) is 0 Å². The fraction of sp³-hybridized carbons (Fsp3) is 0. The van der Waals surface area contributed by atoms with Gasteiger partial charge in [0.05, 0.1) is 34.2 Å². The minimum atomic E-state index is -1.15. The van der Waals surface area contributed by atoms with Crippen LogP contribution in [-0.2, 0) is 0 Å². The summed E-state index contributed by atoms with van der Waals surface area (Å²) in [5.41, 5.74) is 9.37. The van der Waals surface area contributed by atoms with Crippen molar-refractivity contribution in [1.29, 1.82) is 0 Å². The first-order chi connectivity index (χ1) is 14.0. The molecule has 0 aliphatic carbocycles. The van der Waals surface area contributed by atoms with Gasteiger partial charge in [-0.25, -0.2) is 14.5 Å². The molecule has 0 aliphatic heterocycles. The third kappa shape index (κ3) is 3.18. The van der Waals surface area contributed by atoms with E-state index in [2.05, 4.69) is 20.1 Å². The van der Waals surface area contributed by atoms with Crippen LogP contribution in [0.5, 0.6) is 0 Å². The molecule has 2 aromatic carbocycles. The zero-order valence-corrected chi connectivity index (χ0v) is 17.9. The van der Waals surface area contributed by atoms with Gasteiger partial charge >= 0.3 is 35.5 Å². The summed E-state index contributed by atoms with van der Waals surface area (Å²) < 4.78 is 1.43. The molecular weight excluding hydrogens is 395 g/mol. The van der Waals surface area contributed by atoms with Crippen LogP contribution in [0, 0.1) is 0 Å². The van der Waals surface area contributed by atoms with Crippen LogP contribution in [-0.4, -0.2) is 41.6 Å².